The van der Waals surface area contributed by atoms with Crippen molar-refractivity contribution >= 4 is 54.1 Å². The van der Waals surface area contributed by atoms with Gasteiger partial charge in [0.2, 0.25) is 21.6 Å². The highest BCUT2D eigenvalue weighted by Gasteiger charge is 2.23. The van der Waals surface area contributed by atoms with Gasteiger partial charge >= 0.3 is 11.9 Å². The van der Waals surface area contributed by atoms with Gasteiger partial charge in [0.25, 0.3) is 10.1 Å². The van der Waals surface area contributed by atoms with E-state index in [0.717, 1.165) is 18.2 Å². The first-order valence-electron chi connectivity index (χ1n) is 14.3. The van der Waals surface area contributed by atoms with E-state index in [1.54, 1.807) is 24.3 Å². The van der Waals surface area contributed by atoms with Crippen molar-refractivity contribution in [1.82, 2.24) is 9.97 Å². The fourth-order valence-electron chi connectivity index (χ4n) is 4.99. The Kier molecular flexibility index (Phi) is 7.70. The number of sulfone groups is 1. The second-order valence-electron chi connectivity index (χ2n) is 10.8. The quantitative estimate of drug-likeness (QED) is 0.135. The molecule has 16 heteroatoms. The normalized spacial score (nSPS) is 11.9. The largest absolute Gasteiger partial charge is 0.478 e. The molecular weight excluding hydrogens is 693 g/mol. The molecule has 5 aromatic carbocycles. The Balaban J connectivity index is 1.15. The van der Waals surface area contributed by atoms with Crippen molar-refractivity contribution in [2.24, 2.45) is 0 Å². The summed E-state index contributed by atoms with van der Waals surface area (Å²) in [6.07, 6.45) is 0. The molecule has 0 amide bonds. The smallest absolute Gasteiger partial charge is 0.335 e. The van der Waals surface area contributed by atoms with Crippen LogP contribution < -0.4 is 4.74 Å². The van der Waals surface area contributed by atoms with Crippen molar-refractivity contribution in [3.63, 3.8) is 0 Å². The third kappa shape index (κ3) is 6.16. The number of ether oxygens (including phenoxy) is 1. The Bertz CT molecular complexity index is 2720. The summed E-state index contributed by atoms with van der Waals surface area (Å²) < 4.78 is 77.5. The first-order valence-corrected chi connectivity index (χ1v) is 17.2. The van der Waals surface area contributed by atoms with Crippen LogP contribution in [-0.2, 0) is 20.0 Å². The highest BCUT2D eigenvalue weighted by molar-refractivity contribution is 7.91. The molecule has 0 spiro atoms. The number of nitrogens with zero attached hydrogens (tertiary/aromatic N) is 2. The van der Waals surface area contributed by atoms with Crippen LogP contribution in [0.4, 0.5) is 0 Å². The van der Waals surface area contributed by atoms with Crippen LogP contribution in [-0.4, -0.2) is 53.5 Å². The Labute approximate surface area is 281 Å². The van der Waals surface area contributed by atoms with Crippen molar-refractivity contribution < 1.29 is 54.8 Å². The Hall–Kier alpha value is -6.36. The number of benzene rings is 5. The van der Waals surface area contributed by atoms with E-state index in [9.17, 15) is 36.1 Å². The summed E-state index contributed by atoms with van der Waals surface area (Å²) in [4.78, 5) is 30.4. The van der Waals surface area contributed by atoms with E-state index in [-0.39, 0.29) is 49.3 Å². The molecule has 0 radical (unpaired) electrons. The van der Waals surface area contributed by atoms with E-state index < -0.39 is 42.4 Å². The lowest BCUT2D eigenvalue weighted by atomic mass is 10.1. The van der Waals surface area contributed by atoms with E-state index in [1.807, 2.05) is 0 Å². The van der Waals surface area contributed by atoms with Gasteiger partial charge in [-0.2, -0.15) is 8.42 Å². The van der Waals surface area contributed by atoms with E-state index in [1.165, 1.54) is 60.7 Å². The van der Waals surface area contributed by atoms with Gasteiger partial charge in [0.05, 0.1) is 25.8 Å². The molecule has 50 heavy (non-hydrogen) atoms. The van der Waals surface area contributed by atoms with Gasteiger partial charge in [0.15, 0.2) is 11.2 Å². The van der Waals surface area contributed by atoms with Gasteiger partial charge in [-0.15, -0.1) is 0 Å². The molecule has 2 heterocycles. The van der Waals surface area contributed by atoms with Gasteiger partial charge in [-0.3, -0.25) is 4.55 Å². The first-order chi connectivity index (χ1) is 23.7. The van der Waals surface area contributed by atoms with Crippen LogP contribution >= 0.6 is 0 Å². The number of carboxylic acid groups (broad SMARTS) is 2. The molecule has 0 aliphatic heterocycles. The molecule has 3 N–H and O–H groups in total. The first kappa shape index (κ1) is 32.2. The third-order valence-electron chi connectivity index (χ3n) is 7.48. The lowest BCUT2D eigenvalue weighted by molar-refractivity contribution is 0.0686. The maximum absolute atomic E-state index is 13.7. The molecule has 0 aliphatic rings. The predicted octanol–water partition coefficient (Wildman–Crippen LogP) is 6.57. The standard InChI is InChI=1S/C34H20N2O12S2/c37-33(38)19-3-7-23(8-4-19)46-22-5-1-18(2-6-22)31-35-27-16-24(9-11-29(27)47-31)49(41,42)25-10-12-30-28(17-25)36-32(48-30)20-13-21(34(39)40)15-26(14-20)50(43,44)45/h1-17H,(H,37,38)(H,39,40)(H,43,44,45). The summed E-state index contributed by atoms with van der Waals surface area (Å²) in [5.74, 6) is -1.54. The molecular formula is C34H20N2O12S2. The topological polar surface area (TPSA) is 224 Å². The number of oxazole rings is 2. The zero-order valence-corrected chi connectivity index (χ0v) is 26.7. The molecule has 14 nitrogen and oxygen atoms in total. The average Bonchev–Trinajstić information content (AvgIpc) is 3.72. The molecule has 0 bridgehead atoms. The maximum Gasteiger partial charge on any atom is 0.335 e. The predicted molar refractivity (Wildman–Crippen MR) is 175 cm³/mol. The molecule has 250 valence electrons. The molecule has 2 aromatic heterocycles. The van der Waals surface area contributed by atoms with Gasteiger partial charge in [-0.1, -0.05) is 0 Å². The van der Waals surface area contributed by atoms with Crippen molar-refractivity contribution in [3.05, 3.63) is 114 Å². The molecule has 0 unspecified atom stereocenters. The third-order valence-corrected chi connectivity index (χ3v) is 10.1. The second kappa shape index (κ2) is 12.0. The Morgan fingerprint density at radius 2 is 1.06 bits per heavy atom. The zero-order valence-electron chi connectivity index (χ0n) is 25.0. The van der Waals surface area contributed by atoms with Gasteiger partial charge in [0.1, 0.15) is 22.5 Å². The molecule has 0 fully saturated rings. The molecule has 0 aliphatic carbocycles. The number of fused-ring (bicyclic) bond motifs is 2. The van der Waals surface area contributed by atoms with Gasteiger partial charge in [-0.25, -0.2) is 28.0 Å². The Morgan fingerprint density at radius 3 is 1.56 bits per heavy atom. The molecule has 7 aromatic rings. The minimum atomic E-state index is -4.76. The van der Waals surface area contributed by atoms with Crippen LogP contribution in [0, 0.1) is 0 Å². The van der Waals surface area contributed by atoms with Gasteiger partial charge in [-0.05, 0) is 103 Å². The summed E-state index contributed by atoms with van der Waals surface area (Å²) in [5, 5.41) is 18.5. The van der Waals surface area contributed by atoms with E-state index in [4.69, 9.17) is 18.7 Å². The highest BCUT2D eigenvalue weighted by Crippen LogP contribution is 2.33. The molecule has 7 rings (SSSR count). The second-order valence-corrected chi connectivity index (χ2v) is 14.2. The monoisotopic (exact) mass is 712 g/mol. The van der Waals surface area contributed by atoms with Crippen molar-refractivity contribution in [2.45, 2.75) is 14.7 Å². The van der Waals surface area contributed by atoms with E-state index in [2.05, 4.69) is 9.97 Å². The number of aromatic nitrogens is 2. The van der Waals surface area contributed by atoms with E-state index >= 15 is 0 Å². The van der Waals surface area contributed by atoms with Gasteiger partial charge in [0, 0.05) is 11.1 Å². The minimum Gasteiger partial charge on any atom is -0.478 e. The lowest BCUT2D eigenvalue weighted by Gasteiger charge is -2.06. The van der Waals surface area contributed by atoms with Crippen LogP contribution in [0.3, 0.4) is 0 Å². The number of aromatic carboxylic acids is 2. The van der Waals surface area contributed by atoms with Crippen LogP contribution in [0.25, 0.3) is 45.1 Å². The fraction of sp³-hybridized carbons (Fsp3) is 0. The number of hydrogen-bond donors (Lipinski definition) is 3. The number of carbonyl (C=O) groups is 2. The van der Waals surface area contributed by atoms with Crippen molar-refractivity contribution in [3.8, 4) is 34.4 Å². The average molecular weight is 713 g/mol. The molecule has 0 saturated carbocycles. The zero-order chi connectivity index (χ0) is 35.4. The Morgan fingerprint density at radius 1 is 0.560 bits per heavy atom. The maximum atomic E-state index is 13.7. The van der Waals surface area contributed by atoms with E-state index in [0.29, 0.717) is 22.6 Å². The summed E-state index contributed by atoms with van der Waals surface area (Å²) in [6, 6.07) is 23.7. The summed E-state index contributed by atoms with van der Waals surface area (Å²) in [6.45, 7) is 0. The SMILES string of the molecule is O=C(O)c1ccc(Oc2ccc(-c3nc4cc(S(=O)(=O)c5ccc6oc(-c7cc(C(=O)O)cc(S(=O)(=O)O)c7)nc6c5)ccc4o3)cc2)cc1. The van der Waals surface area contributed by atoms with Crippen molar-refractivity contribution in [1.29, 1.82) is 0 Å². The summed E-state index contributed by atoms with van der Waals surface area (Å²) >= 11 is 0. The molecule has 0 atom stereocenters. The lowest BCUT2D eigenvalue weighted by Crippen LogP contribution is -2.03. The fourth-order valence-corrected chi connectivity index (χ4v) is 6.85. The minimum absolute atomic E-state index is 0.0696. The number of rotatable bonds is 9. The number of carboxylic acids is 2. The van der Waals surface area contributed by atoms with Crippen LogP contribution in [0.1, 0.15) is 20.7 Å². The number of hydrogen-bond acceptors (Lipinski definition) is 11. The van der Waals surface area contributed by atoms with Crippen LogP contribution in [0.5, 0.6) is 11.5 Å². The summed E-state index contributed by atoms with van der Waals surface area (Å²) in [5.41, 5.74) is 1.04. The highest BCUT2D eigenvalue weighted by atomic mass is 32.2. The van der Waals surface area contributed by atoms with Crippen molar-refractivity contribution in [2.75, 3.05) is 0 Å². The summed E-state index contributed by atoms with van der Waals surface area (Å²) in [7, 11) is -8.89. The van der Waals surface area contributed by atoms with Crippen LogP contribution in [0.2, 0.25) is 0 Å². The molecule has 0 saturated heterocycles. The van der Waals surface area contributed by atoms with Gasteiger partial charge < -0.3 is 23.8 Å². The van der Waals surface area contributed by atoms with Crippen LogP contribution in [0.15, 0.2) is 127 Å².